The van der Waals surface area contributed by atoms with E-state index in [9.17, 15) is 4.79 Å². The first-order valence-electron chi connectivity index (χ1n) is 7.03. The lowest BCUT2D eigenvalue weighted by atomic mass is 10.1. The third-order valence-corrected chi connectivity index (χ3v) is 5.03. The molecule has 1 heterocycles. The molecule has 112 valence electrons. The van der Waals surface area contributed by atoms with Gasteiger partial charge in [-0.1, -0.05) is 46.3 Å². The van der Waals surface area contributed by atoms with Crippen molar-refractivity contribution >= 4 is 39.6 Å². The largest absolute Gasteiger partial charge is 0.489 e. The lowest BCUT2D eigenvalue weighted by Crippen LogP contribution is -2.30. The van der Waals surface area contributed by atoms with Crippen LogP contribution in [0.1, 0.15) is 15.9 Å². The average molecular weight is 375 g/mol. The SMILES string of the molecule is O=C(C=Cc1ccc(OC2CSC2)cc1)c1cccc(Br)c1. The van der Waals surface area contributed by atoms with Crippen molar-refractivity contribution in [3.8, 4) is 5.75 Å². The van der Waals surface area contributed by atoms with E-state index in [2.05, 4.69) is 15.9 Å². The lowest BCUT2D eigenvalue weighted by molar-refractivity contribution is 0.104. The third-order valence-electron chi connectivity index (χ3n) is 3.33. The molecule has 0 unspecified atom stereocenters. The van der Waals surface area contributed by atoms with Crippen LogP contribution < -0.4 is 4.74 Å². The molecule has 0 bridgehead atoms. The zero-order chi connectivity index (χ0) is 15.4. The highest BCUT2D eigenvalue weighted by atomic mass is 79.9. The van der Waals surface area contributed by atoms with E-state index in [0.29, 0.717) is 11.7 Å². The predicted molar refractivity (Wildman–Crippen MR) is 95.7 cm³/mol. The summed E-state index contributed by atoms with van der Waals surface area (Å²) in [6, 6.07) is 15.2. The Kier molecular flexibility index (Phi) is 5.01. The summed E-state index contributed by atoms with van der Waals surface area (Å²) in [6.07, 6.45) is 3.77. The second-order valence-electron chi connectivity index (χ2n) is 5.05. The van der Waals surface area contributed by atoms with Crippen LogP contribution in [0.3, 0.4) is 0 Å². The molecule has 2 nitrogen and oxygen atoms in total. The Morgan fingerprint density at radius 3 is 2.59 bits per heavy atom. The standard InChI is InChI=1S/C18H15BrO2S/c19-15-3-1-2-14(10-15)18(20)9-6-13-4-7-16(8-5-13)21-17-11-22-12-17/h1-10,17H,11-12H2. The van der Waals surface area contributed by atoms with Crippen LogP contribution in [0.5, 0.6) is 5.75 Å². The molecule has 0 N–H and O–H groups in total. The minimum absolute atomic E-state index is 0.00637. The van der Waals surface area contributed by atoms with Crippen LogP contribution in [0, 0.1) is 0 Å². The fraction of sp³-hybridized carbons (Fsp3) is 0.167. The minimum Gasteiger partial charge on any atom is -0.489 e. The van der Waals surface area contributed by atoms with Crippen LogP contribution in [0.2, 0.25) is 0 Å². The smallest absolute Gasteiger partial charge is 0.185 e. The van der Waals surface area contributed by atoms with E-state index in [0.717, 1.165) is 27.3 Å². The van der Waals surface area contributed by atoms with Crippen molar-refractivity contribution in [2.24, 2.45) is 0 Å². The Labute approximate surface area is 142 Å². The van der Waals surface area contributed by atoms with Crippen LogP contribution in [0.15, 0.2) is 59.1 Å². The zero-order valence-corrected chi connectivity index (χ0v) is 14.3. The maximum atomic E-state index is 12.1. The molecule has 0 amide bonds. The first-order chi connectivity index (χ1) is 10.7. The molecule has 1 aliphatic rings. The van der Waals surface area contributed by atoms with Crippen LogP contribution in [-0.2, 0) is 0 Å². The normalized spacial score (nSPS) is 14.8. The molecule has 0 saturated carbocycles. The molecule has 22 heavy (non-hydrogen) atoms. The third kappa shape index (κ3) is 4.02. The summed E-state index contributed by atoms with van der Waals surface area (Å²) in [5.41, 5.74) is 1.66. The van der Waals surface area contributed by atoms with Crippen molar-refractivity contribution in [1.82, 2.24) is 0 Å². The predicted octanol–water partition coefficient (Wildman–Crippen LogP) is 4.84. The summed E-state index contributed by atoms with van der Waals surface area (Å²) < 4.78 is 6.70. The maximum Gasteiger partial charge on any atom is 0.185 e. The molecule has 0 radical (unpaired) electrons. The number of hydrogen-bond acceptors (Lipinski definition) is 3. The number of ketones is 1. The molecule has 3 rings (SSSR count). The fourth-order valence-electron chi connectivity index (χ4n) is 2.04. The van der Waals surface area contributed by atoms with Gasteiger partial charge in [0, 0.05) is 21.5 Å². The summed E-state index contributed by atoms with van der Waals surface area (Å²) in [5, 5.41) is 0. The van der Waals surface area contributed by atoms with Gasteiger partial charge in [0.1, 0.15) is 11.9 Å². The molecule has 0 aromatic heterocycles. The van der Waals surface area contributed by atoms with Gasteiger partial charge in [-0.25, -0.2) is 0 Å². The van der Waals surface area contributed by atoms with Crippen LogP contribution in [0.4, 0.5) is 0 Å². The molecule has 1 saturated heterocycles. The number of carbonyl (C=O) groups excluding carboxylic acids is 1. The molecule has 2 aromatic carbocycles. The van der Waals surface area contributed by atoms with E-state index in [1.54, 1.807) is 6.08 Å². The Morgan fingerprint density at radius 1 is 1.18 bits per heavy atom. The second-order valence-corrected chi connectivity index (χ2v) is 7.04. The van der Waals surface area contributed by atoms with Gasteiger partial charge in [0.25, 0.3) is 0 Å². The Morgan fingerprint density at radius 2 is 1.95 bits per heavy atom. The van der Waals surface area contributed by atoms with Gasteiger partial charge in [-0.15, -0.1) is 0 Å². The molecule has 0 spiro atoms. The molecule has 2 aromatic rings. The first-order valence-corrected chi connectivity index (χ1v) is 8.98. The van der Waals surface area contributed by atoms with E-state index >= 15 is 0 Å². The van der Waals surface area contributed by atoms with Gasteiger partial charge in [-0.3, -0.25) is 4.79 Å². The number of carbonyl (C=O) groups is 1. The molecule has 1 aliphatic heterocycles. The summed E-state index contributed by atoms with van der Waals surface area (Å²) in [6.45, 7) is 0. The van der Waals surface area contributed by atoms with Gasteiger partial charge in [0.2, 0.25) is 0 Å². The van der Waals surface area contributed by atoms with Gasteiger partial charge in [-0.2, -0.15) is 11.8 Å². The summed E-state index contributed by atoms with van der Waals surface area (Å²) in [7, 11) is 0. The number of hydrogen-bond donors (Lipinski definition) is 0. The number of halogens is 1. The van der Waals surface area contributed by atoms with Crippen molar-refractivity contribution in [3.05, 3.63) is 70.2 Å². The number of benzene rings is 2. The Bertz CT molecular complexity index is 690. The van der Waals surface area contributed by atoms with Crippen LogP contribution in [-0.4, -0.2) is 23.4 Å². The summed E-state index contributed by atoms with van der Waals surface area (Å²) in [4.78, 5) is 12.1. The molecule has 1 fully saturated rings. The average Bonchev–Trinajstić information content (AvgIpc) is 2.49. The topological polar surface area (TPSA) is 26.3 Å². The van der Waals surface area contributed by atoms with Gasteiger partial charge in [0.15, 0.2) is 5.78 Å². The van der Waals surface area contributed by atoms with E-state index < -0.39 is 0 Å². The first kappa shape index (κ1) is 15.4. The molecule has 4 heteroatoms. The van der Waals surface area contributed by atoms with Crippen molar-refractivity contribution < 1.29 is 9.53 Å². The quantitative estimate of drug-likeness (QED) is 0.553. The number of thioether (sulfide) groups is 1. The van der Waals surface area contributed by atoms with Crippen molar-refractivity contribution in [1.29, 1.82) is 0 Å². The van der Waals surface area contributed by atoms with Gasteiger partial charge in [0.05, 0.1) is 0 Å². The van der Waals surface area contributed by atoms with Gasteiger partial charge >= 0.3 is 0 Å². The highest BCUT2D eigenvalue weighted by Gasteiger charge is 2.19. The fourth-order valence-corrected chi connectivity index (χ4v) is 3.01. The van der Waals surface area contributed by atoms with Crippen LogP contribution in [0.25, 0.3) is 6.08 Å². The van der Waals surface area contributed by atoms with Crippen molar-refractivity contribution in [3.63, 3.8) is 0 Å². The van der Waals surface area contributed by atoms with Crippen LogP contribution >= 0.6 is 27.7 Å². The van der Waals surface area contributed by atoms with E-state index in [1.165, 1.54) is 0 Å². The highest BCUT2D eigenvalue weighted by molar-refractivity contribution is 9.10. The molecular weight excluding hydrogens is 360 g/mol. The van der Waals surface area contributed by atoms with Crippen molar-refractivity contribution in [2.75, 3.05) is 11.5 Å². The lowest BCUT2D eigenvalue weighted by Gasteiger charge is -2.25. The monoisotopic (exact) mass is 374 g/mol. The van der Waals surface area contributed by atoms with Crippen molar-refractivity contribution in [2.45, 2.75) is 6.10 Å². The van der Waals surface area contributed by atoms with Gasteiger partial charge < -0.3 is 4.74 Å². The van der Waals surface area contributed by atoms with E-state index in [4.69, 9.17) is 4.74 Å². The molecule has 0 aliphatic carbocycles. The number of allylic oxidation sites excluding steroid dienone is 1. The minimum atomic E-state index is -0.00637. The highest BCUT2D eigenvalue weighted by Crippen LogP contribution is 2.24. The van der Waals surface area contributed by atoms with Gasteiger partial charge in [-0.05, 0) is 35.9 Å². The number of ether oxygens (including phenoxy) is 1. The maximum absolute atomic E-state index is 12.1. The Hall–Kier alpha value is -1.52. The number of rotatable bonds is 5. The van der Waals surface area contributed by atoms with E-state index in [-0.39, 0.29) is 5.78 Å². The van der Waals surface area contributed by atoms with E-state index in [1.807, 2.05) is 66.4 Å². The summed E-state index contributed by atoms with van der Waals surface area (Å²) >= 11 is 5.27. The zero-order valence-electron chi connectivity index (χ0n) is 11.9. The molecular formula is C18H15BrO2S. The Balaban J connectivity index is 1.63. The summed E-state index contributed by atoms with van der Waals surface area (Å²) in [5.74, 6) is 3.03. The molecule has 0 atom stereocenters. The second kappa shape index (κ2) is 7.16.